The van der Waals surface area contributed by atoms with Crippen LogP contribution in [0.4, 0.5) is 0 Å². The van der Waals surface area contributed by atoms with Crippen molar-refractivity contribution in [2.75, 3.05) is 26.2 Å². The summed E-state index contributed by atoms with van der Waals surface area (Å²) >= 11 is 1.93. The van der Waals surface area contributed by atoms with Crippen LogP contribution in [0.15, 0.2) is 11.4 Å². The number of hydrogen-bond acceptors (Lipinski definition) is 3. The quantitative estimate of drug-likeness (QED) is 0.832. The van der Waals surface area contributed by atoms with E-state index in [1.807, 2.05) is 11.3 Å². The highest BCUT2D eigenvalue weighted by Gasteiger charge is 2.17. The highest BCUT2D eigenvalue weighted by Crippen LogP contribution is 2.24. The minimum absolute atomic E-state index is 0.957. The summed E-state index contributed by atoms with van der Waals surface area (Å²) in [6.07, 6.45) is 8.55. The molecule has 2 aliphatic rings. The first kappa shape index (κ1) is 13.6. The Kier molecular flexibility index (Phi) is 4.91. The smallest absolute Gasteiger partial charge is 0.0245 e. The van der Waals surface area contributed by atoms with Gasteiger partial charge < -0.3 is 5.32 Å². The SMILES string of the molecule is c1cc2c(s1)CCN(CCNCC1CCCCC1)C2. The zero-order valence-electron chi connectivity index (χ0n) is 11.9. The van der Waals surface area contributed by atoms with Crippen molar-refractivity contribution in [3.05, 3.63) is 21.9 Å². The molecule has 1 aliphatic heterocycles. The van der Waals surface area contributed by atoms with Crippen molar-refractivity contribution in [2.24, 2.45) is 5.92 Å². The maximum atomic E-state index is 3.68. The standard InChI is InChI=1S/C16H26N2S/c1-2-4-14(5-3-1)12-17-8-10-18-9-6-16-15(13-18)7-11-19-16/h7,11,14,17H,1-6,8-10,12-13H2. The van der Waals surface area contributed by atoms with Gasteiger partial charge in [0.1, 0.15) is 0 Å². The van der Waals surface area contributed by atoms with E-state index in [0.29, 0.717) is 0 Å². The summed E-state index contributed by atoms with van der Waals surface area (Å²) in [7, 11) is 0. The lowest BCUT2D eigenvalue weighted by Gasteiger charge is -2.27. The second-order valence-electron chi connectivity index (χ2n) is 6.10. The molecule has 1 fully saturated rings. The first-order valence-electron chi connectivity index (χ1n) is 7.90. The molecule has 19 heavy (non-hydrogen) atoms. The van der Waals surface area contributed by atoms with E-state index in [9.17, 15) is 0 Å². The normalized spacial score (nSPS) is 21.5. The Bertz CT molecular complexity index is 382. The molecule has 0 unspecified atom stereocenters. The first-order valence-corrected chi connectivity index (χ1v) is 8.78. The lowest BCUT2D eigenvalue weighted by molar-refractivity contribution is 0.250. The van der Waals surface area contributed by atoms with Crippen molar-refractivity contribution in [3.63, 3.8) is 0 Å². The number of hydrogen-bond donors (Lipinski definition) is 1. The zero-order valence-corrected chi connectivity index (χ0v) is 12.7. The van der Waals surface area contributed by atoms with Crippen LogP contribution < -0.4 is 5.32 Å². The molecule has 2 nitrogen and oxygen atoms in total. The summed E-state index contributed by atoms with van der Waals surface area (Å²) in [5, 5.41) is 5.93. The second-order valence-corrected chi connectivity index (χ2v) is 7.10. The number of fused-ring (bicyclic) bond motifs is 1. The second kappa shape index (κ2) is 6.87. The van der Waals surface area contributed by atoms with Crippen LogP contribution in [0.3, 0.4) is 0 Å². The molecule has 1 aromatic heterocycles. The number of nitrogens with zero attached hydrogens (tertiary/aromatic N) is 1. The van der Waals surface area contributed by atoms with Crippen molar-refractivity contribution in [1.29, 1.82) is 0 Å². The molecule has 0 spiro atoms. The van der Waals surface area contributed by atoms with Gasteiger partial charge in [0, 0.05) is 31.1 Å². The van der Waals surface area contributed by atoms with Gasteiger partial charge in [0.2, 0.25) is 0 Å². The van der Waals surface area contributed by atoms with Gasteiger partial charge in [0.25, 0.3) is 0 Å². The minimum atomic E-state index is 0.957. The van der Waals surface area contributed by atoms with E-state index < -0.39 is 0 Å². The van der Waals surface area contributed by atoms with E-state index >= 15 is 0 Å². The number of thiophene rings is 1. The molecular formula is C16H26N2S. The molecule has 0 aromatic carbocycles. The number of nitrogens with one attached hydrogen (secondary N) is 1. The largest absolute Gasteiger partial charge is 0.315 e. The van der Waals surface area contributed by atoms with Crippen LogP contribution in [0.25, 0.3) is 0 Å². The van der Waals surface area contributed by atoms with E-state index in [2.05, 4.69) is 21.7 Å². The fourth-order valence-corrected chi connectivity index (χ4v) is 4.32. The van der Waals surface area contributed by atoms with Crippen molar-refractivity contribution < 1.29 is 0 Å². The zero-order chi connectivity index (χ0) is 12.9. The predicted molar refractivity (Wildman–Crippen MR) is 82.7 cm³/mol. The fraction of sp³-hybridized carbons (Fsp3) is 0.750. The van der Waals surface area contributed by atoms with Crippen LogP contribution >= 0.6 is 11.3 Å². The van der Waals surface area contributed by atoms with E-state index in [4.69, 9.17) is 0 Å². The average Bonchev–Trinajstić information content (AvgIpc) is 2.92. The van der Waals surface area contributed by atoms with Gasteiger partial charge in [-0.2, -0.15) is 0 Å². The van der Waals surface area contributed by atoms with E-state index in [0.717, 1.165) is 12.5 Å². The van der Waals surface area contributed by atoms with Gasteiger partial charge in [-0.25, -0.2) is 0 Å². The molecule has 1 N–H and O–H groups in total. The average molecular weight is 278 g/mol. The first-order chi connectivity index (χ1) is 9.42. The van der Waals surface area contributed by atoms with Gasteiger partial charge >= 0.3 is 0 Å². The van der Waals surface area contributed by atoms with Crippen LogP contribution in [0.2, 0.25) is 0 Å². The molecule has 0 bridgehead atoms. The highest BCUT2D eigenvalue weighted by atomic mass is 32.1. The molecule has 1 aliphatic carbocycles. The van der Waals surface area contributed by atoms with Crippen molar-refractivity contribution in [1.82, 2.24) is 10.2 Å². The fourth-order valence-electron chi connectivity index (χ4n) is 3.43. The molecule has 0 atom stereocenters. The molecule has 3 rings (SSSR count). The molecule has 3 heteroatoms. The lowest BCUT2D eigenvalue weighted by atomic mass is 9.89. The molecule has 0 amide bonds. The Morgan fingerprint density at radius 1 is 1.26 bits per heavy atom. The van der Waals surface area contributed by atoms with Crippen LogP contribution in [0.1, 0.15) is 42.5 Å². The molecule has 1 saturated carbocycles. The van der Waals surface area contributed by atoms with Crippen LogP contribution in [0.5, 0.6) is 0 Å². The van der Waals surface area contributed by atoms with Gasteiger partial charge in [0.05, 0.1) is 0 Å². The molecule has 0 radical (unpaired) electrons. The predicted octanol–water partition coefficient (Wildman–Crippen LogP) is 3.28. The van der Waals surface area contributed by atoms with Crippen LogP contribution in [-0.2, 0) is 13.0 Å². The summed E-state index contributed by atoms with van der Waals surface area (Å²) in [6.45, 7) is 6.04. The lowest BCUT2D eigenvalue weighted by Crippen LogP contribution is -2.37. The Morgan fingerprint density at radius 3 is 3.05 bits per heavy atom. The molecule has 1 aromatic rings. The molecular weight excluding hydrogens is 252 g/mol. The van der Waals surface area contributed by atoms with E-state index in [1.54, 1.807) is 10.4 Å². The van der Waals surface area contributed by atoms with Gasteiger partial charge in [-0.15, -0.1) is 11.3 Å². The third-order valence-electron chi connectivity index (χ3n) is 4.65. The Hall–Kier alpha value is -0.380. The Balaban J connectivity index is 1.32. The summed E-state index contributed by atoms with van der Waals surface area (Å²) in [5.74, 6) is 0.957. The van der Waals surface area contributed by atoms with Gasteiger partial charge in [-0.3, -0.25) is 4.90 Å². The van der Waals surface area contributed by atoms with Crippen LogP contribution in [-0.4, -0.2) is 31.1 Å². The minimum Gasteiger partial charge on any atom is -0.315 e. The molecule has 106 valence electrons. The topological polar surface area (TPSA) is 15.3 Å². The van der Waals surface area contributed by atoms with Gasteiger partial charge in [0.15, 0.2) is 0 Å². The Morgan fingerprint density at radius 2 is 2.16 bits per heavy atom. The third-order valence-corrected chi connectivity index (χ3v) is 5.67. The molecule has 2 heterocycles. The number of rotatable bonds is 5. The monoisotopic (exact) mass is 278 g/mol. The van der Waals surface area contributed by atoms with Crippen molar-refractivity contribution >= 4 is 11.3 Å². The van der Waals surface area contributed by atoms with Gasteiger partial charge in [-0.05, 0) is 48.7 Å². The summed E-state index contributed by atoms with van der Waals surface area (Å²) < 4.78 is 0. The van der Waals surface area contributed by atoms with Crippen molar-refractivity contribution in [2.45, 2.75) is 45.1 Å². The van der Waals surface area contributed by atoms with E-state index in [-0.39, 0.29) is 0 Å². The highest BCUT2D eigenvalue weighted by molar-refractivity contribution is 7.10. The Labute approximate surface area is 121 Å². The summed E-state index contributed by atoms with van der Waals surface area (Å²) in [4.78, 5) is 4.22. The third kappa shape index (κ3) is 3.80. The summed E-state index contributed by atoms with van der Waals surface area (Å²) in [5.41, 5.74) is 1.57. The maximum Gasteiger partial charge on any atom is 0.0245 e. The van der Waals surface area contributed by atoms with Crippen LogP contribution in [0, 0.1) is 5.92 Å². The summed E-state index contributed by atoms with van der Waals surface area (Å²) in [6, 6.07) is 2.31. The van der Waals surface area contributed by atoms with E-state index in [1.165, 1.54) is 64.7 Å². The maximum absolute atomic E-state index is 3.68. The van der Waals surface area contributed by atoms with Crippen molar-refractivity contribution in [3.8, 4) is 0 Å². The molecule has 0 saturated heterocycles. The van der Waals surface area contributed by atoms with Gasteiger partial charge in [-0.1, -0.05) is 19.3 Å².